The third kappa shape index (κ3) is 7.51. The van der Waals surface area contributed by atoms with Crippen LogP contribution in [0.1, 0.15) is 69.7 Å². The number of carbonyl (C=O) groups is 1. The predicted molar refractivity (Wildman–Crippen MR) is 169 cm³/mol. The van der Waals surface area contributed by atoms with Crippen LogP contribution in [0.25, 0.3) is 10.8 Å². The molecule has 0 fully saturated rings. The zero-order chi connectivity index (χ0) is 29.6. The van der Waals surface area contributed by atoms with Crippen molar-refractivity contribution in [1.29, 1.82) is 5.41 Å². The Kier molecular flexibility index (Phi) is 9.43. The summed E-state index contributed by atoms with van der Waals surface area (Å²) in [6.45, 7) is 11.3. The van der Waals surface area contributed by atoms with Crippen LogP contribution in [0, 0.1) is 22.6 Å². The molecule has 4 N–H and O–H groups in total. The Morgan fingerprint density at radius 3 is 2.37 bits per heavy atom. The maximum absolute atomic E-state index is 13.3. The van der Waals surface area contributed by atoms with E-state index in [1.165, 1.54) is 18.3 Å². The smallest absolute Gasteiger partial charge is 0.315 e. The number of amides is 2. The van der Waals surface area contributed by atoms with Gasteiger partial charge >= 0.3 is 6.03 Å². The molecule has 5 nitrogen and oxygen atoms in total. The molecule has 0 radical (unpaired) electrons. The van der Waals surface area contributed by atoms with E-state index >= 15 is 0 Å². The van der Waals surface area contributed by atoms with Gasteiger partial charge in [-0.25, -0.2) is 9.18 Å². The van der Waals surface area contributed by atoms with Crippen molar-refractivity contribution in [2.75, 3.05) is 11.9 Å². The van der Waals surface area contributed by atoms with Crippen molar-refractivity contribution in [3.8, 4) is 0 Å². The molecule has 0 aliphatic heterocycles. The maximum atomic E-state index is 13.3. The fourth-order valence-corrected chi connectivity index (χ4v) is 5.48. The number of carbonyl (C=O) groups excluding carboxylic acids is 1. The molecule has 1 unspecified atom stereocenters. The molecule has 0 aliphatic rings. The summed E-state index contributed by atoms with van der Waals surface area (Å²) in [7, 11) is 0. The molecule has 4 rings (SSSR count). The molecular weight excluding hydrogens is 511 g/mol. The van der Waals surface area contributed by atoms with Gasteiger partial charge in [-0.05, 0) is 88.9 Å². The summed E-state index contributed by atoms with van der Waals surface area (Å²) in [5.41, 5.74) is 4.26. The second kappa shape index (κ2) is 13.0. The molecule has 0 aliphatic carbocycles. The Morgan fingerprint density at radius 1 is 0.951 bits per heavy atom. The van der Waals surface area contributed by atoms with Crippen LogP contribution in [-0.2, 0) is 0 Å². The van der Waals surface area contributed by atoms with Gasteiger partial charge in [-0.3, -0.25) is 0 Å². The van der Waals surface area contributed by atoms with Crippen molar-refractivity contribution in [2.45, 2.75) is 53.0 Å². The van der Waals surface area contributed by atoms with Crippen LogP contribution in [0.5, 0.6) is 0 Å². The Morgan fingerprint density at radius 2 is 1.66 bits per heavy atom. The predicted octanol–water partition coefficient (Wildman–Crippen LogP) is 8.94. The number of anilines is 2. The Labute approximate surface area is 243 Å². The lowest BCUT2D eigenvalue weighted by Crippen LogP contribution is -2.43. The van der Waals surface area contributed by atoms with Crippen LogP contribution < -0.4 is 16.0 Å². The van der Waals surface area contributed by atoms with Gasteiger partial charge in [0.05, 0.1) is 6.04 Å². The van der Waals surface area contributed by atoms with Gasteiger partial charge < -0.3 is 21.4 Å². The average molecular weight is 553 g/mol. The lowest BCUT2D eigenvalue weighted by molar-refractivity contribution is 0.215. The maximum Gasteiger partial charge on any atom is 0.315 e. The Bertz CT molecular complexity index is 1490. The fraction of sp³-hybridized carbons (Fsp3) is 0.314. The van der Waals surface area contributed by atoms with Gasteiger partial charge in [0.2, 0.25) is 0 Å². The van der Waals surface area contributed by atoms with Gasteiger partial charge in [0.15, 0.2) is 0 Å². The van der Waals surface area contributed by atoms with E-state index < -0.39 is 0 Å². The van der Waals surface area contributed by atoms with E-state index in [2.05, 4.69) is 80.0 Å². The molecule has 0 spiro atoms. The number of fused-ring (bicyclic) bond motifs is 1. The molecule has 0 saturated heterocycles. The van der Waals surface area contributed by atoms with Crippen molar-refractivity contribution in [2.24, 2.45) is 11.3 Å². The number of hydrogen-bond donors (Lipinski definition) is 4. The summed E-state index contributed by atoms with van der Waals surface area (Å²) in [5.74, 6) is 0.305. The van der Waals surface area contributed by atoms with Crippen molar-refractivity contribution in [3.63, 3.8) is 0 Å². The minimum Gasteiger partial charge on any atom is -0.355 e. The van der Waals surface area contributed by atoms with Gasteiger partial charge in [0, 0.05) is 29.7 Å². The quantitative estimate of drug-likeness (QED) is 0.140. The van der Waals surface area contributed by atoms with E-state index in [0.717, 1.165) is 45.3 Å². The van der Waals surface area contributed by atoms with E-state index in [-0.39, 0.29) is 29.2 Å². The van der Waals surface area contributed by atoms with E-state index in [0.29, 0.717) is 12.5 Å². The fourth-order valence-electron chi connectivity index (χ4n) is 5.48. The lowest BCUT2D eigenvalue weighted by atomic mass is 9.71. The summed E-state index contributed by atoms with van der Waals surface area (Å²) < 4.78 is 13.3. The second-order valence-corrected chi connectivity index (χ2v) is 11.9. The van der Waals surface area contributed by atoms with E-state index in [1.807, 2.05) is 31.2 Å². The second-order valence-electron chi connectivity index (χ2n) is 11.9. The van der Waals surface area contributed by atoms with E-state index in [1.54, 1.807) is 12.1 Å². The molecule has 0 saturated carbocycles. The molecule has 6 heteroatoms. The highest BCUT2D eigenvalue weighted by molar-refractivity contribution is 5.88. The van der Waals surface area contributed by atoms with Crippen LogP contribution in [0.2, 0.25) is 0 Å². The van der Waals surface area contributed by atoms with Crippen LogP contribution in [0.15, 0.2) is 84.9 Å². The van der Waals surface area contributed by atoms with Crippen LogP contribution >= 0.6 is 0 Å². The number of urea groups is 1. The molecule has 41 heavy (non-hydrogen) atoms. The number of rotatable bonds is 11. The summed E-state index contributed by atoms with van der Waals surface area (Å²) in [6, 6.07) is 26.3. The number of halogens is 1. The van der Waals surface area contributed by atoms with Crippen molar-refractivity contribution < 1.29 is 9.18 Å². The standard InChI is InChI=1S/C35H41FN4O/c1-23(2)19-32(26-13-18-33(27(20-26)21-37)40-29-16-14-28(36)15-17-29)35(4,5)22-38-34(41)39-24(3)30-12-8-10-25-9-6-7-11-31(25)30/h6-18,20-21,23-24,32,37,40H,19,22H2,1-5H3,(H2,38,39,41)/t24-,32?/m1/s1. The van der Waals surface area contributed by atoms with Gasteiger partial charge in [0.25, 0.3) is 0 Å². The summed E-state index contributed by atoms with van der Waals surface area (Å²) in [6.07, 6.45) is 2.28. The molecular formula is C35H41FN4O. The van der Waals surface area contributed by atoms with Gasteiger partial charge in [-0.2, -0.15) is 0 Å². The van der Waals surface area contributed by atoms with Crippen LogP contribution in [0.3, 0.4) is 0 Å². The minimum atomic E-state index is -0.290. The highest BCUT2D eigenvalue weighted by atomic mass is 19.1. The molecule has 0 heterocycles. The van der Waals surface area contributed by atoms with Crippen molar-refractivity contribution >= 4 is 34.4 Å². The lowest BCUT2D eigenvalue weighted by Gasteiger charge is -2.36. The number of benzene rings is 4. The van der Waals surface area contributed by atoms with E-state index in [4.69, 9.17) is 5.41 Å². The van der Waals surface area contributed by atoms with Gasteiger partial charge in [-0.15, -0.1) is 0 Å². The summed E-state index contributed by atoms with van der Waals surface area (Å²) in [4.78, 5) is 13.0. The largest absolute Gasteiger partial charge is 0.355 e. The number of nitrogens with one attached hydrogen (secondary N) is 4. The number of hydrogen-bond acceptors (Lipinski definition) is 3. The van der Waals surface area contributed by atoms with Gasteiger partial charge in [0.1, 0.15) is 5.82 Å². The van der Waals surface area contributed by atoms with Crippen LogP contribution in [0.4, 0.5) is 20.6 Å². The Balaban J connectivity index is 1.48. The topological polar surface area (TPSA) is 77.0 Å². The Hall–Kier alpha value is -4.19. The highest BCUT2D eigenvalue weighted by Gasteiger charge is 2.32. The third-order valence-corrected chi connectivity index (χ3v) is 7.75. The zero-order valence-corrected chi connectivity index (χ0v) is 24.6. The molecule has 2 atom stereocenters. The first-order chi connectivity index (χ1) is 19.6. The summed E-state index contributed by atoms with van der Waals surface area (Å²) >= 11 is 0. The highest BCUT2D eigenvalue weighted by Crippen LogP contribution is 2.41. The molecule has 2 amide bonds. The SMILES string of the molecule is CC(C)CC(c1ccc(Nc2ccc(F)cc2)c(C=N)c1)C(C)(C)CNC(=O)N[C@H](C)c1cccc2ccccc12. The first kappa shape index (κ1) is 29.8. The van der Waals surface area contributed by atoms with Gasteiger partial charge in [-0.1, -0.05) is 76.2 Å². The van der Waals surface area contributed by atoms with E-state index in [9.17, 15) is 9.18 Å². The molecule has 4 aromatic rings. The first-order valence-corrected chi connectivity index (χ1v) is 14.3. The zero-order valence-electron chi connectivity index (χ0n) is 24.6. The van der Waals surface area contributed by atoms with Crippen molar-refractivity contribution in [3.05, 3.63) is 107 Å². The monoisotopic (exact) mass is 552 g/mol. The summed E-state index contributed by atoms with van der Waals surface area (Å²) in [5, 5.41) is 19.9. The molecule has 0 bridgehead atoms. The average Bonchev–Trinajstić information content (AvgIpc) is 2.96. The first-order valence-electron chi connectivity index (χ1n) is 14.3. The molecule has 4 aromatic carbocycles. The van der Waals surface area contributed by atoms with Crippen molar-refractivity contribution in [1.82, 2.24) is 10.6 Å². The third-order valence-electron chi connectivity index (χ3n) is 7.75. The van der Waals surface area contributed by atoms with Crippen LogP contribution in [-0.4, -0.2) is 18.8 Å². The molecule has 0 aromatic heterocycles. The molecule has 214 valence electrons. The minimum absolute atomic E-state index is 0.146. The normalized spacial score (nSPS) is 13.0.